The van der Waals surface area contributed by atoms with Crippen molar-refractivity contribution in [2.75, 3.05) is 6.61 Å². The molecule has 1 aliphatic rings. The highest BCUT2D eigenvalue weighted by molar-refractivity contribution is 6.30. The molecule has 0 radical (unpaired) electrons. The Morgan fingerprint density at radius 3 is 2.82 bits per heavy atom. The van der Waals surface area contributed by atoms with Gasteiger partial charge in [0.15, 0.2) is 5.65 Å². The van der Waals surface area contributed by atoms with Crippen LogP contribution >= 0.6 is 11.6 Å². The lowest BCUT2D eigenvalue weighted by Gasteiger charge is -2.12. The first kappa shape index (κ1) is 17.4. The van der Waals surface area contributed by atoms with Crippen molar-refractivity contribution in [1.29, 1.82) is 0 Å². The highest BCUT2D eigenvalue weighted by Gasteiger charge is 2.19. The van der Waals surface area contributed by atoms with Crippen LogP contribution in [0, 0.1) is 6.92 Å². The smallest absolute Gasteiger partial charge is 0.261 e. The normalized spacial score (nSPS) is 17.0. The van der Waals surface area contributed by atoms with E-state index in [-0.39, 0.29) is 11.7 Å². The van der Waals surface area contributed by atoms with Gasteiger partial charge in [0.2, 0.25) is 0 Å². The number of aryl methyl sites for hydroxylation is 1. The van der Waals surface area contributed by atoms with E-state index in [0.717, 1.165) is 47.4 Å². The van der Waals surface area contributed by atoms with E-state index in [9.17, 15) is 4.79 Å². The third kappa shape index (κ3) is 2.80. The van der Waals surface area contributed by atoms with Crippen molar-refractivity contribution < 1.29 is 4.74 Å². The molecule has 3 aromatic heterocycles. The Balaban J connectivity index is 1.66. The van der Waals surface area contributed by atoms with Gasteiger partial charge in [-0.05, 0) is 43.5 Å². The Kier molecular flexibility index (Phi) is 4.18. The molecular formula is C21H19ClN4O2. The van der Waals surface area contributed by atoms with E-state index in [1.807, 2.05) is 43.5 Å². The number of rotatable bonds is 3. The summed E-state index contributed by atoms with van der Waals surface area (Å²) in [5.74, 6) is 0. The molecule has 1 unspecified atom stereocenters. The monoisotopic (exact) mass is 394 g/mol. The predicted octanol–water partition coefficient (Wildman–Crippen LogP) is 3.85. The molecule has 5 rings (SSSR count). The molecule has 7 heteroatoms. The molecule has 0 saturated carbocycles. The minimum Gasteiger partial charge on any atom is -0.376 e. The molecule has 0 bridgehead atoms. The van der Waals surface area contributed by atoms with E-state index in [1.165, 1.54) is 0 Å². The van der Waals surface area contributed by atoms with Crippen LogP contribution in [-0.2, 0) is 11.3 Å². The van der Waals surface area contributed by atoms with Crippen LogP contribution in [-0.4, -0.2) is 31.9 Å². The molecule has 4 heterocycles. The summed E-state index contributed by atoms with van der Waals surface area (Å²) in [6, 6.07) is 9.54. The first-order valence-corrected chi connectivity index (χ1v) is 9.74. The van der Waals surface area contributed by atoms with E-state index < -0.39 is 0 Å². The molecule has 1 fully saturated rings. The Labute approximate surface area is 166 Å². The summed E-state index contributed by atoms with van der Waals surface area (Å²) in [7, 11) is 0. The Morgan fingerprint density at radius 2 is 2.07 bits per heavy atom. The summed E-state index contributed by atoms with van der Waals surface area (Å²) in [6.45, 7) is 3.29. The van der Waals surface area contributed by atoms with Crippen molar-refractivity contribution in [3.05, 3.63) is 63.8 Å². The maximum Gasteiger partial charge on any atom is 0.261 e. The topological polar surface area (TPSA) is 61.4 Å². The SMILES string of the molecule is Cc1nn2c(ncc3c(=O)n(CC4CCCO4)ccc32)c1-c1ccc(Cl)cc1. The van der Waals surface area contributed by atoms with Gasteiger partial charge >= 0.3 is 0 Å². The second kappa shape index (κ2) is 6.72. The van der Waals surface area contributed by atoms with Crippen molar-refractivity contribution in [3.8, 4) is 11.1 Å². The number of aromatic nitrogens is 4. The average Bonchev–Trinajstić information content (AvgIpc) is 3.32. The van der Waals surface area contributed by atoms with Gasteiger partial charge in [0.1, 0.15) is 0 Å². The van der Waals surface area contributed by atoms with Crippen molar-refractivity contribution >= 4 is 28.2 Å². The van der Waals surface area contributed by atoms with E-state index in [4.69, 9.17) is 16.3 Å². The van der Waals surface area contributed by atoms with Crippen LogP contribution in [0.4, 0.5) is 0 Å². The second-order valence-corrected chi connectivity index (χ2v) is 7.60. The first-order valence-electron chi connectivity index (χ1n) is 9.37. The molecule has 28 heavy (non-hydrogen) atoms. The van der Waals surface area contributed by atoms with E-state index >= 15 is 0 Å². The van der Waals surface area contributed by atoms with Gasteiger partial charge in [-0.1, -0.05) is 23.7 Å². The number of pyridine rings is 1. The van der Waals surface area contributed by atoms with E-state index in [1.54, 1.807) is 15.3 Å². The zero-order chi connectivity index (χ0) is 19.3. The summed E-state index contributed by atoms with van der Waals surface area (Å²) < 4.78 is 9.14. The minimum atomic E-state index is -0.0661. The fourth-order valence-corrected chi connectivity index (χ4v) is 4.05. The summed E-state index contributed by atoms with van der Waals surface area (Å²) >= 11 is 6.02. The van der Waals surface area contributed by atoms with Crippen LogP contribution in [0.1, 0.15) is 18.5 Å². The number of hydrogen-bond donors (Lipinski definition) is 0. The standard InChI is InChI=1S/C21H19ClN4O2/c1-13-19(14-4-6-15(22)7-5-14)20-23-11-17-18(26(20)24-13)8-9-25(21(17)27)12-16-3-2-10-28-16/h4-9,11,16H,2-3,10,12H2,1H3. The molecule has 1 aliphatic heterocycles. The Morgan fingerprint density at radius 1 is 1.25 bits per heavy atom. The maximum absolute atomic E-state index is 13.0. The number of halogens is 1. The van der Waals surface area contributed by atoms with Gasteiger partial charge in [-0.15, -0.1) is 0 Å². The first-order chi connectivity index (χ1) is 13.6. The lowest BCUT2D eigenvalue weighted by Crippen LogP contribution is -2.26. The number of nitrogens with zero attached hydrogens (tertiary/aromatic N) is 4. The van der Waals surface area contributed by atoms with E-state index in [2.05, 4.69) is 10.1 Å². The van der Waals surface area contributed by atoms with Crippen LogP contribution in [0.3, 0.4) is 0 Å². The van der Waals surface area contributed by atoms with Gasteiger partial charge in [0, 0.05) is 29.6 Å². The van der Waals surface area contributed by atoms with Crippen LogP contribution in [0.2, 0.25) is 5.02 Å². The summed E-state index contributed by atoms with van der Waals surface area (Å²) in [6.07, 6.45) is 5.62. The number of ether oxygens (including phenoxy) is 1. The van der Waals surface area contributed by atoms with Gasteiger partial charge in [-0.25, -0.2) is 9.50 Å². The molecule has 142 valence electrons. The number of fused-ring (bicyclic) bond motifs is 3. The van der Waals surface area contributed by atoms with Crippen molar-refractivity contribution in [1.82, 2.24) is 19.2 Å². The Bertz CT molecular complexity index is 1240. The van der Waals surface area contributed by atoms with Crippen LogP contribution in [0.15, 0.2) is 47.5 Å². The van der Waals surface area contributed by atoms with Gasteiger partial charge in [0.05, 0.1) is 29.2 Å². The number of benzene rings is 1. The van der Waals surface area contributed by atoms with Crippen LogP contribution in [0.25, 0.3) is 27.7 Å². The molecule has 1 aromatic carbocycles. The zero-order valence-electron chi connectivity index (χ0n) is 15.4. The average molecular weight is 395 g/mol. The number of hydrogen-bond acceptors (Lipinski definition) is 4. The second-order valence-electron chi connectivity index (χ2n) is 7.17. The third-order valence-electron chi connectivity index (χ3n) is 5.32. The largest absolute Gasteiger partial charge is 0.376 e. The highest BCUT2D eigenvalue weighted by atomic mass is 35.5. The fourth-order valence-electron chi connectivity index (χ4n) is 3.92. The zero-order valence-corrected chi connectivity index (χ0v) is 16.2. The van der Waals surface area contributed by atoms with Gasteiger partial charge < -0.3 is 9.30 Å². The molecule has 4 aromatic rings. The molecule has 0 amide bonds. The van der Waals surface area contributed by atoms with Crippen LogP contribution < -0.4 is 5.56 Å². The molecule has 0 spiro atoms. The minimum absolute atomic E-state index is 0.0661. The van der Waals surface area contributed by atoms with Crippen molar-refractivity contribution in [2.45, 2.75) is 32.4 Å². The maximum atomic E-state index is 13.0. The lowest BCUT2D eigenvalue weighted by molar-refractivity contribution is 0.0963. The molecular weight excluding hydrogens is 376 g/mol. The predicted molar refractivity (Wildman–Crippen MR) is 109 cm³/mol. The van der Waals surface area contributed by atoms with Gasteiger partial charge in [-0.3, -0.25) is 4.79 Å². The molecule has 0 aliphatic carbocycles. The fraction of sp³-hybridized carbons (Fsp3) is 0.286. The van der Waals surface area contributed by atoms with Crippen molar-refractivity contribution in [3.63, 3.8) is 0 Å². The summed E-state index contributed by atoms with van der Waals surface area (Å²) in [5.41, 5.74) is 4.21. The quantitative estimate of drug-likeness (QED) is 0.529. The molecule has 6 nitrogen and oxygen atoms in total. The van der Waals surface area contributed by atoms with Crippen molar-refractivity contribution in [2.24, 2.45) is 0 Å². The molecule has 1 saturated heterocycles. The summed E-state index contributed by atoms with van der Waals surface area (Å²) in [4.78, 5) is 17.6. The van der Waals surface area contributed by atoms with E-state index in [0.29, 0.717) is 17.0 Å². The summed E-state index contributed by atoms with van der Waals surface area (Å²) in [5, 5.41) is 5.90. The Hall–Kier alpha value is -2.70. The van der Waals surface area contributed by atoms with Gasteiger partial charge in [-0.2, -0.15) is 5.10 Å². The van der Waals surface area contributed by atoms with Gasteiger partial charge in [0.25, 0.3) is 5.56 Å². The third-order valence-corrected chi connectivity index (χ3v) is 5.57. The highest BCUT2D eigenvalue weighted by Crippen LogP contribution is 2.29. The van der Waals surface area contributed by atoms with Crippen LogP contribution in [0.5, 0.6) is 0 Å². The molecule has 0 N–H and O–H groups in total. The lowest BCUT2D eigenvalue weighted by atomic mass is 10.1. The molecule has 1 atom stereocenters.